The molecule has 0 aromatic carbocycles. The molecule has 3 rings (SSSR count). The Balaban J connectivity index is 1.85. The number of nitrogens with one attached hydrogen (secondary N) is 1. The SMILES string of the molecule is CC1CCc2nc(C3CCCN3)nn2C1. The van der Waals surface area contributed by atoms with Gasteiger partial charge in [0.05, 0.1) is 6.04 Å². The molecule has 2 unspecified atom stereocenters. The van der Waals surface area contributed by atoms with Crippen molar-refractivity contribution in [3.8, 4) is 0 Å². The van der Waals surface area contributed by atoms with Gasteiger partial charge < -0.3 is 5.32 Å². The number of hydrogen-bond donors (Lipinski definition) is 1. The molecule has 0 saturated carbocycles. The third-order valence-corrected chi connectivity index (χ3v) is 3.48. The van der Waals surface area contributed by atoms with Crippen LogP contribution in [0.1, 0.15) is 43.9 Å². The second-order valence-electron chi connectivity index (χ2n) is 4.86. The summed E-state index contributed by atoms with van der Waals surface area (Å²) in [5, 5.41) is 8.08. The van der Waals surface area contributed by atoms with Crippen LogP contribution in [0.4, 0.5) is 0 Å². The molecule has 3 heterocycles. The standard InChI is InChI=1S/C11H18N4/c1-8-4-5-10-13-11(14-15(10)7-8)9-3-2-6-12-9/h8-9,12H,2-7H2,1H3. The number of aromatic nitrogens is 3. The van der Waals surface area contributed by atoms with Crippen molar-refractivity contribution in [3.63, 3.8) is 0 Å². The fourth-order valence-electron chi connectivity index (χ4n) is 2.54. The van der Waals surface area contributed by atoms with E-state index >= 15 is 0 Å². The Morgan fingerprint density at radius 3 is 3.13 bits per heavy atom. The van der Waals surface area contributed by atoms with Crippen LogP contribution in [0.5, 0.6) is 0 Å². The molecule has 0 spiro atoms. The van der Waals surface area contributed by atoms with Gasteiger partial charge >= 0.3 is 0 Å². The van der Waals surface area contributed by atoms with Gasteiger partial charge in [0.25, 0.3) is 0 Å². The summed E-state index contributed by atoms with van der Waals surface area (Å²) in [6.45, 7) is 4.46. The van der Waals surface area contributed by atoms with E-state index < -0.39 is 0 Å². The smallest absolute Gasteiger partial charge is 0.167 e. The van der Waals surface area contributed by atoms with Gasteiger partial charge in [0.1, 0.15) is 5.82 Å². The largest absolute Gasteiger partial charge is 0.307 e. The zero-order chi connectivity index (χ0) is 10.3. The van der Waals surface area contributed by atoms with Crippen molar-refractivity contribution >= 4 is 0 Å². The van der Waals surface area contributed by atoms with Crippen LogP contribution in [0.3, 0.4) is 0 Å². The molecule has 15 heavy (non-hydrogen) atoms. The van der Waals surface area contributed by atoms with Crippen molar-refractivity contribution in [2.45, 2.75) is 45.2 Å². The van der Waals surface area contributed by atoms with E-state index in [0.29, 0.717) is 6.04 Å². The molecular weight excluding hydrogens is 188 g/mol. The van der Waals surface area contributed by atoms with Crippen LogP contribution in [0.25, 0.3) is 0 Å². The lowest BCUT2D eigenvalue weighted by Gasteiger charge is -2.17. The summed E-state index contributed by atoms with van der Waals surface area (Å²) in [6, 6.07) is 0.415. The molecule has 4 nitrogen and oxygen atoms in total. The average molecular weight is 206 g/mol. The Labute approximate surface area is 90.1 Å². The maximum atomic E-state index is 4.66. The van der Waals surface area contributed by atoms with Gasteiger partial charge in [-0.3, -0.25) is 0 Å². The van der Waals surface area contributed by atoms with E-state index in [1.165, 1.54) is 25.1 Å². The normalized spacial score (nSPS) is 30.5. The van der Waals surface area contributed by atoms with Gasteiger partial charge in [0, 0.05) is 13.0 Å². The fraction of sp³-hybridized carbons (Fsp3) is 0.818. The molecule has 82 valence electrons. The monoisotopic (exact) mass is 206 g/mol. The molecule has 0 aliphatic carbocycles. The van der Waals surface area contributed by atoms with Crippen molar-refractivity contribution in [3.05, 3.63) is 11.6 Å². The molecule has 0 amide bonds. The van der Waals surface area contributed by atoms with Crippen LogP contribution < -0.4 is 5.32 Å². The maximum absolute atomic E-state index is 4.66. The summed E-state index contributed by atoms with van der Waals surface area (Å²) in [5.74, 6) is 2.97. The van der Waals surface area contributed by atoms with Crippen LogP contribution in [0.2, 0.25) is 0 Å². The van der Waals surface area contributed by atoms with Gasteiger partial charge in [0.2, 0.25) is 0 Å². The molecule has 2 aliphatic rings. The summed E-state index contributed by atoms with van der Waals surface area (Å²) in [7, 11) is 0. The first kappa shape index (κ1) is 9.33. The van der Waals surface area contributed by atoms with E-state index in [4.69, 9.17) is 0 Å². The maximum Gasteiger partial charge on any atom is 0.167 e. The summed E-state index contributed by atoms with van der Waals surface area (Å²) >= 11 is 0. The minimum atomic E-state index is 0.415. The quantitative estimate of drug-likeness (QED) is 0.752. The number of nitrogens with zero attached hydrogens (tertiary/aromatic N) is 3. The van der Waals surface area contributed by atoms with Crippen LogP contribution in [-0.4, -0.2) is 21.3 Å². The second-order valence-corrected chi connectivity index (χ2v) is 4.86. The Bertz CT molecular complexity index is 351. The first-order valence-electron chi connectivity index (χ1n) is 6.00. The first-order valence-corrected chi connectivity index (χ1v) is 6.00. The van der Waals surface area contributed by atoms with Crippen molar-refractivity contribution in [2.24, 2.45) is 5.92 Å². The molecule has 2 atom stereocenters. The van der Waals surface area contributed by atoms with Gasteiger partial charge in [-0.25, -0.2) is 9.67 Å². The Morgan fingerprint density at radius 1 is 1.40 bits per heavy atom. The van der Waals surface area contributed by atoms with Crippen LogP contribution in [-0.2, 0) is 13.0 Å². The molecule has 0 bridgehead atoms. The predicted octanol–water partition coefficient (Wildman–Crippen LogP) is 1.28. The first-order chi connectivity index (χ1) is 7.33. The lowest BCUT2D eigenvalue weighted by molar-refractivity contribution is 0.366. The Morgan fingerprint density at radius 2 is 2.33 bits per heavy atom. The van der Waals surface area contributed by atoms with Gasteiger partial charge in [0.15, 0.2) is 5.82 Å². The summed E-state index contributed by atoms with van der Waals surface area (Å²) in [6.07, 6.45) is 4.81. The summed E-state index contributed by atoms with van der Waals surface area (Å²) in [4.78, 5) is 4.66. The van der Waals surface area contributed by atoms with Crippen molar-refractivity contribution in [1.82, 2.24) is 20.1 Å². The second kappa shape index (κ2) is 3.59. The molecule has 1 fully saturated rings. The number of fused-ring (bicyclic) bond motifs is 1. The Kier molecular flexibility index (Phi) is 2.24. The molecule has 1 N–H and O–H groups in total. The zero-order valence-electron chi connectivity index (χ0n) is 9.24. The van der Waals surface area contributed by atoms with E-state index in [2.05, 4.69) is 27.0 Å². The molecule has 1 aromatic heterocycles. The van der Waals surface area contributed by atoms with E-state index in [-0.39, 0.29) is 0 Å². The highest BCUT2D eigenvalue weighted by Crippen LogP contribution is 2.23. The molecule has 2 aliphatic heterocycles. The van der Waals surface area contributed by atoms with Gasteiger partial charge in [-0.1, -0.05) is 6.92 Å². The third kappa shape index (κ3) is 1.67. The van der Waals surface area contributed by atoms with E-state index in [1.807, 2.05) is 0 Å². The van der Waals surface area contributed by atoms with E-state index in [1.54, 1.807) is 0 Å². The van der Waals surface area contributed by atoms with Crippen LogP contribution in [0.15, 0.2) is 0 Å². The van der Waals surface area contributed by atoms with Gasteiger partial charge in [-0.15, -0.1) is 0 Å². The number of hydrogen-bond acceptors (Lipinski definition) is 3. The highest BCUT2D eigenvalue weighted by Gasteiger charge is 2.24. The third-order valence-electron chi connectivity index (χ3n) is 3.48. The predicted molar refractivity (Wildman–Crippen MR) is 57.5 cm³/mol. The van der Waals surface area contributed by atoms with E-state index in [9.17, 15) is 0 Å². The summed E-state index contributed by atoms with van der Waals surface area (Å²) in [5.41, 5.74) is 0. The van der Waals surface area contributed by atoms with Gasteiger partial charge in [-0.2, -0.15) is 5.10 Å². The minimum Gasteiger partial charge on any atom is -0.307 e. The van der Waals surface area contributed by atoms with Gasteiger partial charge in [-0.05, 0) is 31.7 Å². The van der Waals surface area contributed by atoms with Crippen LogP contribution in [0, 0.1) is 5.92 Å². The topological polar surface area (TPSA) is 42.7 Å². The van der Waals surface area contributed by atoms with Crippen molar-refractivity contribution in [1.29, 1.82) is 0 Å². The molecule has 4 heteroatoms. The van der Waals surface area contributed by atoms with Crippen molar-refractivity contribution < 1.29 is 0 Å². The zero-order valence-corrected chi connectivity index (χ0v) is 9.24. The highest BCUT2D eigenvalue weighted by atomic mass is 15.4. The minimum absolute atomic E-state index is 0.415. The molecular formula is C11H18N4. The molecule has 1 saturated heterocycles. The fourth-order valence-corrected chi connectivity index (χ4v) is 2.54. The average Bonchev–Trinajstić information content (AvgIpc) is 2.84. The van der Waals surface area contributed by atoms with E-state index in [0.717, 1.165) is 31.3 Å². The number of aryl methyl sites for hydroxylation is 1. The van der Waals surface area contributed by atoms with Crippen molar-refractivity contribution in [2.75, 3.05) is 6.54 Å². The lowest BCUT2D eigenvalue weighted by atomic mass is 10.0. The molecule has 1 aromatic rings. The lowest BCUT2D eigenvalue weighted by Crippen LogP contribution is -2.19. The van der Waals surface area contributed by atoms with Crippen LogP contribution >= 0.6 is 0 Å². The summed E-state index contributed by atoms with van der Waals surface area (Å²) < 4.78 is 2.11. The highest BCUT2D eigenvalue weighted by molar-refractivity contribution is 5.02. The molecule has 0 radical (unpaired) electrons. The number of rotatable bonds is 1. The Hall–Kier alpha value is -0.900.